The average molecular weight is 433 g/mol. The number of aryl methyl sites for hydroxylation is 1. The number of piperidine rings is 1. The number of benzene rings is 2. The highest BCUT2D eigenvalue weighted by Crippen LogP contribution is 2.33. The molecule has 0 radical (unpaired) electrons. The number of carbonyl (C=O) groups is 1. The van der Waals surface area contributed by atoms with Crippen molar-refractivity contribution in [2.75, 3.05) is 18.4 Å². The number of aromatic carboxylic acids is 1. The fraction of sp³-hybridized carbons (Fsp3) is 0.350. The van der Waals surface area contributed by atoms with Crippen molar-refractivity contribution >= 4 is 33.1 Å². The molecule has 0 amide bonds. The lowest BCUT2D eigenvalue weighted by Crippen LogP contribution is -2.39. The molecule has 10 heteroatoms. The lowest BCUT2D eigenvalue weighted by atomic mass is 10.0. The largest absolute Gasteiger partial charge is 0.478 e. The SMILES string of the molecule is Cc1ccc(C(=O)O)cc1Nc1ccc(S(=O)(=O)N2CCCC(C)C2)cc1[N+](=O)[O-]. The second-order valence-electron chi connectivity index (χ2n) is 7.51. The number of hydrogen-bond acceptors (Lipinski definition) is 6. The number of hydrogen-bond donors (Lipinski definition) is 2. The van der Waals surface area contributed by atoms with E-state index < -0.39 is 26.6 Å². The molecule has 2 N–H and O–H groups in total. The highest BCUT2D eigenvalue weighted by atomic mass is 32.2. The van der Waals surface area contributed by atoms with E-state index in [-0.39, 0.29) is 22.1 Å². The standard InChI is InChI=1S/C20H23N3O6S/c1-13-4-3-9-22(12-13)30(28,29)16-7-8-17(19(11-16)23(26)27)21-18-10-15(20(24)25)6-5-14(18)2/h5-8,10-11,13,21H,3-4,9,12H2,1-2H3,(H,24,25). The van der Waals surface area contributed by atoms with Crippen LogP contribution in [0.2, 0.25) is 0 Å². The number of rotatable bonds is 6. The molecule has 9 nitrogen and oxygen atoms in total. The Morgan fingerprint density at radius 3 is 2.60 bits per heavy atom. The number of nitro benzene ring substituents is 1. The topological polar surface area (TPSA) is 130 Å². The third-order valence-corrected chi connectivity index (χ3v) is 7.04. The van der Waals surface area contributed by atoms with Gasteiger partial charge in [0.05, 0.1) is 15.4 Å². The van der Waals surface area contributed by atoms with Crippen molar-refractivity contribution in [1.82, 2.24) is 4.31 Å². The Bertz CT molecular complexity index is 1100. The van der Waals surface area contributed by atoms with E-state index in [0.717, 1.165) is 18.9 Å². The van der Waals surface area contributed by atoms with E-state index in [2.05, 4.69) is 5.32 Å². The Kier molecular flexibility index (Phi) is 6.09. The van der Waals surface area contributed by atoms with Crippen molar-refractivity contribution in [3.05, 3.63) is 57.6 Å². The van der Waals surface area contributed by atoms with Gasteiger partial charge in [-0.3, -0.25) is 10.1 Å². The number of carboxylic acids is 1. The number of sulfonamides is 1. The summed E-state index contributed by atoms with van der Waals surface area (Å²) in [6, 6.07) is 8.13. The molecule has 1 heterocycles. The normalized spacial score (nSPS) is 17.5. The van der Waals surface area contributed by atoms with Crippen LogP contribution in [0, 0.1) is 23.0 Å². The molecule has 1 unspecified atom stereocenters. The fourth-order valence-electron chi connectivity index (χ4n) is 3.48. The van der Waals surface area contributed by atoms with Crippen molar-refractivity contribution < 1.29 is 23.2 Å². The molecule has 1 aliphatic heterocycles. The van der Waals surface area contributed by atoms with E-state index in [1.54, 1.807) is 13.0 Å². The summed E-state index contributed by atoms with van der Waals surface area (Å²) >= 11 is 0. The van der Waals surface area contributed by atoms with Gasteiger partial charge in [0.15, 0.2) is 0 Å². The molecule has 1 aliphatic rings. The molecule has 0 spiro atoms. The van der Waals surface area contributed by atoms with Gasteiger partial charge in [-0.1, -0.05) is 13.0 Å². The summed E-state index contributed by atoms with van der Waals surface area (Å²) in [5.74, 6) is -0.890. The Morgan fingerprint density at radius 2 is 1.97 bits per heavy atom. The third kappa shape index (κ3) is 4.44. The molecule has 0 saturated carbocycles. The summed E-state index contributed by atoms with van der Waals surface area (Å²) in [7, 11) is -3.84. The molecule has 1 saturated heterocycles. The number of nitrogens with zero attached hydrogens (tertiary/aromatic N) is 2. The first-order valence-corrected chi connectivity index (χ1v) is 10.9. The van der Waals surface area contributed by atoms with Gasteiger partial charge >= 0.3 is 5.97 Å². The van der Waals surface area contributed by atoms with E-state index in [9.17, 15) is 28.4 Å². The predicted octanol–water partition coefficient (Wildman–Crippen LogP) is 3.77. The van der Waals surface area contributed by atoms with Crippen LogP contribution in [0.4, 0.5) is 17.1 Å². The molecule has 0 aromatic heterocycles. The lowest BCUT2D eigenvalue weighted by molar-refractivity contribution is -0.384. The van der Waals surface area contributed by atoms with Crippen LogP contribution in [0.5, 0.6) is 0 Å². The Labute approximate surface area is 174 Å². The molecule has 2 aromatic rings. The summed E-state index contributed by atoms with van der Waals surface area (Å²) < 4.78 is 27.3. The summed E-state index contributed by atoms with van der Waals surface area (Å²) in [5, 5.41) is 23.7. The van der Waals surface area contributed by atoms with E-state index in [0.29, 0.717) is 24.3 Å². The van der Waals surface area contributed by atoms with Crippen LogP contribution >= 0.6 is 0 Å². The molecule has 3 rings (SSSR count). The maximum Gasteiger partial charge on any atom is 0.335 e. The highest BCUT2D eigenvalue weighted by Gasteiger charge is 2.30. The number of nitrogens with one attached hydrogen (secondary N) is 1. The van der Waals surface area contributed by atoms with Gasteiger partial charge < -0.3 is 10.4 Å². The average Bonchev–Trinajstić information content (AvgIpc) is 2.69. The van der Waals surface area contributed by atoms with Gasteiger partial charge in [0.2, 0.25) is 10.0 Å². The van der Waals surface area contributed by atoms with Crippen LogP contribution in [-0.2, 0) is 10.0 Å². The van der Waals surface area contributed by atoms with Crippen LogP contribution in [-0.4, -0.2) is 41.8 Å². The maximum absolute atomic E-state index is 13.0. The van der Waals surface area contributed by atoms with E-state index in [1.807, 2.05) is 6.92 Å². The van der Waals surface area contributed by atoms with Gasteiger partial charge in [-0.05, 0) is 55.5 Å². The van der Waals surface area contributed by atoms with Crippen LogP contribution in [0.3, 0.4) is 0 Å². The minimum Gasteiger partial charge on any atom is -0.478 e. The monoisotopic (exact) mass is 433 g/mol. The fourth-order valence-corrected chi connectivity index (χ4v) is 5.10. The molecular formula is C20H23N3O6S. The van der Waals surface area contributed by atoms with Gasteiger partial charge in [0, 0.05) is 24.8 Å². The molecule has 0 aliphatic carbocycles. The van der Waals surface area contributed by atoms with Crippen molar-refractivity contribution in [2.24, 2.45) is 5.92 Å². The summed E-state index contributed by atoms with van der Waals surface area (Å²) in [6.45, 7) is 4.49. The van der Waals surface area contributed by atoms with Gasteiger partial charge in [0.25, 0.3) is 5.69 Å². The smallest absolute Gasteiger partial charge is 0.335 e. The summed E-state index contributed by atoms with van der Waals surface area (Å²) in [4.78, 5) is 22.1. The molecule has 1 atom stereocenters. The van der Waals surface area contributed by atoms with Crippen molar-refractivity contribution in [3.8, 4) is 0 Å². The molecule has 30 heavy (non-hydrogen) atoms. The lowest BCUT2D eigenvalue weighted by Gasteiger charge is -2.30. The van der Waals surface area contributed by atoms with Gasteiger partial charge in [-0.15, -0.1) is 0 Å². The second kappa shape index (κ2) is 8.41. The first-order chi connectivity index (χ1) is 14.1. The Hall–Kier alpha value is -2.98. The van der Waals surface area contributed by atoms with E-state index in [4.69, 9.17) is 0 Å². The third-order valence-electron chi connectivity index (χ3n) is 5.18. The minimum absolute atomic E-state index is 0.0316. The highest BCUT2D eigenvalue weighted by molar-refractivity contribution is 7.89. The van der Waals surface area contributed by atoms with Gasteiger partial charge in [0.1, 0.15) is 5.69 Å². The number of carboxylic acid groups (broad SMARTS) is 1. The molecule has 1 fully saturated rings. The van der Waals surface area contributed by atoms with Crippen molar-refractivity contribution in [3.63, 3.8) is 0 Å². The van der Waals surface area contributed by atoms with E-state index in [1.165, 1.54) is 28.6 Å². The maximum atomic E-state index is 13.0. The number of anilines is 2. The summed E-state index contributed by atoms with van der Waals surface area (Å²) in [5.41, 5.74) is 0.786. The summed E-state index contributed by atoms with van der Waals surface area (Å²) in [6.07, 6.45) is 1.70. The molecule has 2 aromatic carbocycles. The Balaban J connectivity index is 1.98. The van der Waals surface area contributed by atoms with E-state index >= 15 is 0 Å². The quantitative estimate of drug-likeness (QED) is 0.524. The second-order valence-corrected chi connectivity index (χ2v) is 9.44. The zero-order chi connectivity index (χ0) is 22.1. The first kappa shape index (κ1) is 21.7. The van der Waals surface area contributed by atoms with Crippen molar-refractivity contribution in [1.29, 1.82) is 0 Å². The van der Waals surface area contributed by atoms with Crippen LogP contribution in [0.1, 0.15) is 35.7 Å². The van der Waals surface area contributed by atoms with Gasteiger partial charge in [-0.2, -0.15) is 4.31 Å². The molecule has 160 valence electrons. The van der Waals surface area contributed by atoms with Crippen LogP contribution < -0.4 is 5.32 Å². The van der Waals surface area contributed by atoms with Crippen LogP contribution in [0.25, 0.3) is 0 Å². The predicted molar refractivity (Wildman–Crippen MR) is 112 cm³/mol. The van der Waals surface area contributed by atoms with Crippen LogP contribution in [0.15, 0.2) is 41.3 Å². The van der Waals surface area contributed by atoms with Crippen molar-refractivity contribution in [2.45, 2.75) is 31.6 Å². The van der Waals surface area contributed by atoms with Gasteiger partial charge in [-0.25, -0.2) is 13.2 Å². The minimum atomic E-state index is -3.84. The zero-order valence-electron chi connectivity index (χ0n) is 16.7. The molecule has 0 bridgehead atoms. The Morgan fingerprint density at radius 1 is 1.23 bits per heavy atom. The zero-order valence-corrected chi connectivity index (χ0v) is 17.5. The molecular weight excluding hydrogens is 410 g/mol. The number of nitro groups is 1. The first-order valence-electron chi connectivity index (χ1n) is 9.49.